The Morgan fingerprint density at radius 1 is 1.15 bits per heavy atom. The molecule has 2 aromatic carbocycles. The Hall–Kier alpha value is -3.99. The van der Waals surface area contributed by atoms with Gasteiger partial charge in [-0.1, -0.05) is 5.16 Å². The number of ether oxygens (including phenoxy) is 2. The first-order chi connectivity index (χ1) is 16.5. The van der Waals surface area contributed by atoms with Gasteiger partial charge in [-0.2, -0.15) is 10.1 Å². The third-order valence-electron chi connectivity index (χ3n) is 4.88. The van der Waals surface area contributed by atoms with E-state index in [1.54, 1.807) is 31.4 Å². The van der Waals surface area contributed by atoms with Crippen LogP contribution in [0, 0.1) is 0 Å². The summed E-state index contributed by atoms with van der Waals surface area (Å²) in [6.07, 6.45) is 1.86. The third-order valence-corrected chi connectivity index (χ3v) is 5.56. The van der Waals surface area contributed by atoms with Crippen molar-refractivity contribution in [3.05, 3.63) is 48.5 Å². The van der Waals surface area contributed by atoms with Crippen LogP contribution in [0.5, 0.6) is 11.5 Å². The molecule has 4 aromatic rings. The van der Waals surface area contributed by atoms with Gasteiger partial charge in [0.1, 0.15) is 34.5 Å². The molecular formula is C23H24N6O4S. The van der Waals surface area contributed by atoms with Gasteiger partial charge < -0.3 is 25.0 Å². The summed E-state index contributed by atoms with van der Waals surface area (Å²) in [5, 5.41) is 11.9. The molecule has 0 spiro atoms. The SMILES string of the molecule is CCOc1ccc(NC(=O)Cn2nc(SC)c(-c3nc(-c4ccc(OC)cc4)no3)c2N)cc1. The number of rotatable bonds is 9. The quantitative estimate of drug-likeness (QED) is 0.342. The molecule has 3 N–H and O–H groups in total. The Morgan fingerprint density at radius 2 is 1.85 bits per heavy atom. The maximum Gasteiger partial charge on any atom is 0.264 e. The van der Waals surface area contributed by atoms with E-state index in [1.807, 2.05) is 37.4 Å². The second-order valence-corrected chi connectivity index (χ2v) is 7.88. The number of nitrogens with zero attached hydrogens (tertiary/aromatic N) is 4. The normalized spacial score (nSPS) is 10.8. The minimum Gasteiger partial charge on any atom is -0.497 e. The predicted octanol–water partition coefficient (Wildman–Crippen LogP) is 3.95. The van der Waals surface area contributed by atoms with Crippen molar-refractivity contribution in [2.75, 3.05) is 31.0 Å². The lowest BCUT2D eigenvalue weighted by molar-refractivity contribution is -0.116. The summed E-state index contributed by atoms with van der Waals surface area (Å²) in [7, 11) is 1.60. The van der Waals surface area contributed by atoms with Crippen LogP contribution < -0.4 is 20.5 Å². The summed E-state index contributed by atoms with van der Waals surface area (Å²) in [5.41, 5.74) is 8.24. The number of thioether (sulfide) groups is 1. The van der Waals surface area contributed by atoms with Gasteiger partial charge in [-0.05, 0) is 61.7 Å². The fourth-order valence-corrected chi connectivity index (χ4v) is 3.81. The number of benzene rings is 2. The number of nitrogen functional groups attached to an aromatic ring is 1. The summed E-state index contributed by atoms with van der Waals surface area (Å²) in [6.45, 7) is 2.41. The molecule has 1 amide bonds. The van der Waals surface area contributed by atoms with Crippen LogP contribution in [0.3, 0.4) is 0 Å². The van der Waals surface area contributed by atoms with Gasteiger partial charge in [0.25, 0.3) is 5.89 Å². The highest BCUT2D eigenvalue weighted by molar-refractivity contribution is 7.98. The van der Waals surface area contributed by atoms with Gasteiger partial charge in [0, 0.05) is 11.3 Å². The van der Waals surface area contributed by atoms with Crippen LogP contribution in [0.15, 0.2) is 58.1 Å². The topological polar surface area (TPSA) is 130 Å². The van der Waals surface area contributed by atoms with Gasteiger partial charge in [-0.3, -0.25) is 4.79 Å². The smallest absolute Gasteiger partial charge is 0.264 e. The van der Waals surface area contributed by atoms with Gasteiger partial charge in [-0.25, -0.2) is 4.68 Å². The molecule has 176 valence electrons. The molecule has 10 nitrogen and oxygen atoms in total. The van der Waals surface area contributed by atoms with E-state index in [-0.39, 0.29) is 24.2 Å². The summed E-state index contributed by atoms with van der Waals surface area (Å²) in [6, 6.07) is 14.4. The third kappa shape index (κ3) is 4.99. The van der Waals surface area contributed by atoms with Crippen molar-refractivity contribution in [3.8, 4) is 34.3 Å². The van der Waals surface area contributed by atoms with Crippen molar-refractivity contribution in [1.29, 1.82) is 0 Å². The molecule has 11 heteroatoms. The van der Waals surface area contributed by atoms with Crippen molar-refractivity contribution in [2.45, 2.75) is 18.5 Å². The monoisotopic (exact) mass is 480 g/mol. The van der Waals surface area contributed by atoms with Crippen molar-refractivity contribution in [3.63, 3.8) is 0 Å². The summed E-state index contributed by atoms with van der Waals surface area (Å²) < 4.78 is 17.5. The zero-order chi connectivity index (χ0) is 24.1. The molecule has 34 heavy (non-hydrogen) atoms. The lowest BCUT2D eigenvalue weighted by Crippen LogP contribution is -2.20. The van der Waals surface area contributed by atoms with Crippen molar-refractivity contribution < 1.29 is 18.8 Å². The highest BCUT2D eigenvalue weighted by Crippen LogP contribution is 2.35. The minimum absolute atomic E-state index is 0.0773. The number of anilines is 2. The molecule has 2 heterocycles. The molecule has 0 bridgehead atoms. The van der Waals surface area contributed by atoms with Crippen molar-refractivity contribution >= 4 is 29.2 Å². The van der Waals surface area contributed by atoms with Crippen molar-refractivity contribution in [1.82, 2.24) is 19.9 Å². The Kier molecular flexibility index (Phi) is 7.02. The number of hydrogen-bond donors (Lipinski definition) is 2. The van der Waals surface area contributed by atoms with Crippen LogP contribution in [0.25, 0.3) is 22.8 Å². The standard InChI is InChI=1S/C23H24N6O4S/c1-4-32-17-11-7-15(8-12-17)25-18(30)13-29-20(24)19(23(27-29)34-3)22-26-21(28-33-22)14-5-9-16(31-2)10-6-14/h5-12H,4,13,24H2,1-3H3,(H,25,30). The maximum absolute atomic E-state index is 12.6. The van der Waals surface area contributed by atoms with Crippen LogP contribution in [0.1, 0.15) is 6.92 Å². The summed E-state index contributed by atoms with van der Waals surface area (Å²) in [5.74, 6) is 2.08. The lowest BCUT2D eigenvalue weighted by Gasteiger charge is -2.08. The minimum atomic E-state index is -0.276. The van der Waals surface area contributed by atoms with Crippen LogP contribution in [0.2, 0.25) is 0 Å². The Bertz CT molecular complexity index is 1270. The zero-order valence-corrected chi connectivity index (χ0v) is 19.8. The van der Waals surface area contributed by atoms with E-state index < -0.39 is 0 Å². The highest BCUT2D eigenvalue weighted by atomic mass is 32.2. The molecule has 2 aromatic heterocycles. The largest absolute Gasteiger partial charge is 0.497 e. The van der Waals surface area contributed by atoms with E-state index in [2.05, 4.69) is 20.6 Å². The highest BCUT2D eigenvalue weighted by Gasteiger charge is 2.24. The summed E-state index contributed by atoms with van der Waals surface area (Å²) >= 11 is 1.37. The average Bonchev–Trinajstić information content (AvgIpc) is 3.45. The van der Waals surface area contributed by atoms with E-state index in [0.29, 0.717) is 28.7 Å². The number of amides is 1. The lowest BCUT2D eigenvalue weighted by atomic mass is 10.2. The Balaban J connectivity index is 1.52. The van der Waals surface area contributed by atoms with Gasteiger partial charge in [0.15, 0.2) is 0 Å². The predicted molar refractivity (Wildman–Crippen MR) is 130 cm³/mol. The van der Waals surface area contributed by atoms with Crippen LogP contribution in [-0.4, -0.2) is 45.8 Å². The summed E-state index contributed by atoms with van der Waals surface area (Å²) in [4.78, 5) is 17.1. The molecule has 4 rings (SSSR count). The van der Waals surface area contributed by atoms with Crippen LogP contribution in [-0.2, 0) is 11.3 Å². The Labute approximate surface area is 200 Å². The van der Waals surface area contributed by atoms with E-state index in [0.717, 1.165) is 17.1 Å². The fraction of sp³-hybridized carbons (Fsp3) is 0.217. The number of hydrogen-bond acceptors (Lipinski definition) is 9. The first-order valence-corrected chi connectivity index (χ1v) is 11.7. The number of methoxy groups -OCH3 is 1. The first-order valence-electron chi connectivity index (χ1n) is 10.4. The zero-order valence-electron chi connectivity index (χ0n) is 18.9. The van der Waals surface area contributed by atoms with Gasteiger partial charge in [0.05, 0.1) is 13.7 Å². The van der Waals surface area contributed by atoms with Gasteiger partial charge >= 0.3 is 0 Å². The maximum atomic E-state index is 12.6. The molecule has 0 saturated heterocycles. The van der Waals surface area contributed by atoms with Gasteiger partial charge in [-0.15, -0.1) is 11.8 Å². The molecule has 0 radical (unpaired) electrons. The molecule has 0 atom stereocenters. The number of aromatic nitrogens is 4. The molecule has 0 fully saturated rings. The van der Waals surface area contributed by atoms with E-state index in [9.17, 15) is 4.79 Å². The molecule has 0 aliphatic heterocycles. The van der Waals surface area contributed by atoms with Crippen LogP contribution in [0.4, 0.5) is 11.5 Å². The van der Waals surface area contributed by atoms with Gasteiger partial charge in [0.2, 0.25) is 11.7 Å². The van der Waals surface area contributed by atoms with Crippen molar-refractivity contribution in [2.24, 2.45) is 0 Å². The molecule has 0 unspecified atom stereocenters. The fourth-order valence-electron chi connectivity index (χ4n) is 3.24. The molecule has 0 aliphatic rings. The van der Waals surface area contributed by atoms with E-state index in [4.69, 9.17) is 19.7 Å². The Morgan fingerprint density at radius 3 is 2.50 bits per heavy atom. The number of nitrogens with one attached hydrogen (secondary N) is 1. The van der Waals surface area contributed by atoms with E-state index in [1.165, 1.54) is 16.4 Å². The average molecular weight is 481 g/mol. The number of carbonyl (C=O) groups is 1. The molecular weight excluding hydrogens is 456 g/mol. The first kappa shape index (κ1) is 23.2. The number of nitrogens with two attached hydrogens (primary N) is 1. The second-order valence-electron chi connectivity index (χ2n) is 7.08. The van der Waals surface area contributed by atoms with Crippen LogP contribution >= 0.6 is 11.8 Å². The van der Waals surface area contributed by atoms with E-state index >= 15 is 0 Å². The molecule has 0 saturated carbocycles. The molecule has 0 aliphatic carbocycles. The number of carbonyl (C=O) groups excluding carboxylic acids is 1. The second kappa shape index (κ2) is 10.3.